The van der Waals surface area contributed by atoms with Gasteiger partial charge in [-0.15, -0.1) is 0 Å². The predicted octanol–water partition coefficient (Wildman–Crippen LogP) is 0.912. The second-order valence-electron chi connectivity index (χ2n) is 4.16. The van der Waals surface area contributed by atoms with Crippen LogP contribution in [0.3, 0.4) is 0 Å². The molecule has 82 valence electrons. The molecule has 1 N–H and O–H groups in total. The Hall–Kier alpha value is -1.16. The Morgan fingerprint density at radius 3 is 3.13 bits per heavy atom. The SMILES string of the molecule is CN(C[C@@H]1CCCNC1)c1cnccn1. The smallest absolute Gasteiger partial charge is 0.146 e. The van der Waals surface area contributed by atoms with Crippen LogP contribution in [0.1, 0.15) is 12.8 Å². The van der Waals surface area contributed by atoms with Crippen molar-refractivity contribution in [2.75, 3.05) is 31.6 Å². The highest BCUT2D eigenvalue weighted by Gasteiger charge is 2.15. The van der Waals surface area contributed by atoms with E-state index < -0.39 is 0 Å². The summed E-state index contributed by atoms with van der Waals surface area (Å²) in [6.45, 7) is 3.36. The van der Waals surface area contributed by atoms with Crippen LogP contribution in [0.2, 0.25) is 0 Å². The van der Waals surface area contributed by atoms with E-state index in [9.17, 15) is 0 Å². The summed E-state index contributed by atoms with van der Waals surface area (Å²) < 4.78 is 0. The molecule has 4 nitrogen and oxygen atoms in total. The van der Waals surface area contributed by atoms with Crippen molar-refractivity contribution in [1.29, 1.82) is 0 Å². The summed E-state index contributed by atoms with van der Waals surface area (Å²) >= 11 is 0. The van der Waals surface area contributed by atoms with Gasteiger partial charge in [-0.3, -0.25) is 4.98 Å². The predicted molar refractivity (Wildman–Crippen MR) is 60.9 cm³/mol. The van der Waals surface area contributed by atoms with E-state index in [0.29, 0.717) is 0 Å². The largest absolute Gasteiger partial charge is 0.358 e. The molecule has 1 fully saturated rings. The lowest BCUT2D eigenvalue weighted by molar-refractivity contribution is 0.380. The number of piperidine rings is 1. The first-order chi connectivity index (χ1) is 7.36. The van der Waals surface area contributed by atoms with E-state index in [0.717, 1.165) is 24.8 Å². The minimum Gasteiger partial charge on any atom is -0.358 e. The van der Waals surface area contributed by atoms with Gasteiger partial charge >= 0.3 is 0 Å². The Bertz CT molecular complexity index is 282. The van der Waals surface area contributed by atoms with E-state index in [2.05, 4.69) is 27.2 Å². The fourth-order valence-electron chi connectivity index (χ4n) is 2.05. The minimum absolute atomic E-state index is 0.741. The molecule has 2 heterocycles. The van der Waals surface area contributed by atoms with E-state index in [1.807, 2.05) is 6.20 Å². The lowest BCUT2D eigenvalue weighted by Gasteiger charge is -2.27. The normalized spacial score (nSPS) is 21.3. The second-order valence-corrected chi connectivity index (χ2v) is 4.16. The molecule has 1 aromatic heterocycles. The highest BCUT2D eigenvalue weighted by Crippen LogP contribution is 2.14. The van der Waals surface area contributed by atoms with E-state index >= 15 is 0 Å². The first-order valence-corrected chi connectivity index (χ1v) is 5.54. The minimum atomic E-state index is 0.741. The lowest BCUT2D eigenvalue weighted by Crippen LogP contribution is -2.37. The van der Waals surface area contributed by atoms with Crippen molar-refractivity contribution in [3.63, 3.8) is 0 Å². The number of nitrogens with one attached hydrogen (secondary N) is 1. The van der Waals surface area contributed by atoms with Crippen LogP contribution < -0.4 is 10.2 Å². The van der Waals surface area contributed by atoms with Gasteiger partial charge in [0.1, 0.15) is 5.82 Å². The maximum atomic E-state index is 4.29. The molecule has 0 bridgehead atoms. The molecular weight excluding hydrogens is 188 g/mol. The summed E-state index contributed by atoms with van der Waals surface area (Å²) in [6.07, 6.45) is 7.87. The maximum Gasteiger partial charge on any atom is 0.146 e. The van der Waals surface area contributed by atoms with Crippen molar-refractivity contribution < 1.29 is 0 Å². The number of nitrogens with zero attached hydrogens (tertiary/aromatic N) is 3. The lowest BCUT2D eigenvalue weighted by atomic mass is 9.99. The van der Waals surface area contributed by atoms with Crippen LogP contribution in [-0.4, -0.2) is 36.6 Å². The molecular formula is C11H18N4. The van der Waals surface area contributed by atoms with Crippen LogP contribution in [0.5, 0.6) is 0 Å². The topological polar surface area (TPSA) is 41.0 Å². The van der Waals surface area contributed by atoms with Gasteiger partial charge in [0.15, 0.2) is 0 Å². The van der Waals surface area contributed by atoms with Gasteiger partial charge in [0, 0.05) is 26.0 Å². The zero-order valence-electron chi connectivity index (χ0n) is 9.19. The van der Waals surface area contributed by atoms with Gasteiger partial charge in [0.05, 0.1) is 6.20 Å². The highest BCUT2D eigenvalue weighted by molar-refractivity contribution is 5.33. The van der Waals surface area contributed by atoms with Crippen molar-refractivity contribution >= 4 is 5.82 Å². The molecule has 1 aliphatic heterocycles. The van der Waals surface area contributed by atoms with Crippen molar-refractivity contribution in [2.45, 2.75) is 12.8 Å². The summed E-state index contributed by atoms with van der Waals surface area (Å²) in [5, 5.41) is 3.43. The number of aromatic nitrogens is 2. The first kappa shape index (κ1) is 10.4. The van der Waals surface area contributed by atoms with Crippen LogP contribution in [0.25, 0.3) is 0 Å². The fraction of sp³-hybridized carbons (Fsp3) is 0.636. The summed E-state index contributed by atoms with van der Waals surface area (Å²) in [5.74, 6) is 1.70. The monoisotopic (exact) mass is 206 g/mol. The van der Waals surface area contributed by atoms with Gasteiger partial charge in [-0.1, -0.05) is 0 Å². The molecule has 1 aliphatic rings. The zero-order valence-corrected chi connectivity index (χ0v) is 9.19. The molecule has 0 saturated carbocycles. The van der Waals surface area contributed by atoms with E-state index in [1.54, 1.807) is 12.4 Å². The van der Waals surface area contributed by atoms with E-state index in [4.69, 9.17) is 0 Å². The molecule has 1 atom stereocenters. The molecule has 4 heteroatoms. The van der Waals surface area contributed by atoms with E-state index in [1.165, 1.54) is 19.4 Å². The Balaban J connectivity index is 1.88. The Morgan fingerprint density at radius 2 is 2.47 bits per heavy atom. The van der Waals surface area contributed by atoms with Gasteiger partial charge in [-0.05, 0) is 31.8 Å². The molecule has 0 unspecified atom stereocenters. The first-order valence-electron chi connectivity index (χ1n) is 5.54. The van der Waals surface area contributed by atoms with Gasteiger partial charge in [0.25, 0.3) is 0 Å². The number of anilines is 1. The third-order valence-electron chi connectivity index (χ3n) is 2.87. The number of hydrogen-bond donors (Lipinski definition) is 1. The van der Waals surface area contributed by atoms with Crippen LogP contribution >= 0.6 is 0 Å². The standard InChI is InChI=1S/C11H18N4/c1-15(11-8-13-5-6-14-11)9-10-3-2-4-12-7-10/h5-6,8,10,12H,2-4,7,9H2,1H3/t10-/m1/s1. The van der Waals surface area contributed by atoms with Crippen molar-refractivity contribution in [3.05, 3.63) is 18.6 Å². The van der Waals surface area contributed by atoms with Gasteiger partial charge in [0.2, 0.25) is 0 Å². The molecule has 2 rings (SSSR count). The molecule has 0 aromatic carbocycles. The maximum absolute atomic E-state index is 4.29. The summed E-state index contributed by atoms with van der Waals surface area (Å²) in [7, 11) is 2.08. The van der Waals surface area contributed by atoms with Crippen LogP contribution in [0.15, 0.2) is 18.6 Å². The summed E-state index contributed by atoms with van der Waals surface area (Å²) in [6, 6.07) is 0. The Labute approximate surface area is 90.7 Å². The average Bonchev–Trinajstić information content (AvgIpc) is 2.31. The van der Waals surface area contributed by atoms with Gasteiger partial charge in [-0.25, -0.2) is 4.98 Å². The fourth-order valence-corrected chi connectivity index (χ4v) is 2.05. The van der Waals surface area contributed by atoms with Crippen molar-refractivity contribution in [1.82, 2.24) is 15.3 Å². The van der Waals surface area contributed by atoms with Crippen LogP contribution in [0, 0.1) is 5.92 Å². The summed E-state index contributed by atoms with van der Waals surface area (Å²) in [5.41, 5.74) is 0. The Morgan fingerprint density at radius 1 is 1.53 bits per heavy atom. The molecule has 15 heavy (non-hydrogen) atoms. The van der Waals surface area contributed by atoms with Crippen molar-refractivity contribution in [3.8, 4) is 0 Å². The highest BCUT2D eigenvalue weighted by atomic mass is 15.2. The van der Waals surface area contributed by atoms with Crippen LogP contribution in [-0.2, 0) is 0 Å². The average molecular weight is 206 g/mol. The Kier molecular flexibility index (Phi) is 3.50. The molecule has 1 saturated heterocycles. The van der Waals surface area contributed by atoms with Gasteiger partial charge in [-0.2, -0.15) is 0 Å². The number of hydrogen-bond acceptors (Lipinski definition) is 4. The molecule has 1 aromatic rings. The molecule has 0 spiro atoms. The molecule has 0 amide bonds. The molecule has 0 radical (unpaired) electrons. The third kappa shape index (κ3) is 2.89. The molecule has 0 aliphatic carbocycles. The van der Waals surface area contributed by atoms with Crippen molar-refractivity contribution in [2.24, 2.45) is 5.92 Å². The quantitative estimate of drug-likeness (QED) is 0.798. The summed E-state index contributed by atoms with van der Waals surface area (Å²) in [4.78, 5) is 10.6. The zero-order chi connectivity index (χ0) is 10.5. The number of rotatable bonds is 3. The van der Waals surface area contributed by atoms with Gasteiger partial charge < -0.3 is 10.2 Å². The third-order valence-corrected chi connectivity index (χ3v) is 2.87. The van der Waals surface area contributed by atoms with E-state index in [-0.39, 0.29) is 0 Å². The second kappa shape index (κ2) is 5.07. The van der Waals surface area contributed by atoms with Crippen LogP contribution in [0.4, 0.5) is 5.82 Å².